The third kappa shape index (κ3) is 4.80. The number of nitrogens with one attached hydrogen (secondary N) is 1. The van der Waals surface area contributed by atoms with E-state index in [2.05, 4.69) is 22.3 Å². The van der Waals surface area contributed by atoms with E-state index in [9.17, 15) is 14.4 Å². The Morgan fingerprint density at radius 1 is 1.09 bits per heavy atom. The number of nitrogens with zero attached hydrogens (tertiary/aromatic N) is 2. The second kappa shape index (κ2) is 9.77. The molecular weight excluding hydrogens is 449 g/mol. The summed E-state index contributed by atoms with van der Waals surface area (Å²) in [6, 6.07) is 10.6. The van der Waals surface area contributed by atoms with E-state index in [0.29, 0.717) is 17.5 Å². The van der Waals surface area contributed by atoms with Gasteiger partial charge < -0.3 is 14.5 Å². The van der Waals surface area contributed by atoms with Gasteiger partial charge in [-0.1, -0.05) is 18.2 Å². The molecule has 184 valence electrons. The molecule has 1 unspecified atom stereocenters. The highest BCUT2D eigenvalue weighted by Crippen LogP contribution is 2.35. The Hall–Kier alpha value is -3.26. The minimum Gasteiger partial charge on any atom is -0.497 e. The van der Waals surface area contributed by atoms with Gasteiger partial charge in [0.2, 0.25) is 11.8 Å². The van der Waals surface area contributed by atoms with Crippen LogP contribution in [0, 0.1) is 5.82 Å². The number of carbonyl (C=O) groups excluding carboxylic acids is 3. The minimum atomic E-state index is -0.688. The molecule has 2 aromatic carbocycles. The number of benzene rings is 2. The summed E-state index contributed by atoms with van der Waals surface area (Å²) in [6.45, 7) is 3.01. The Bertz CT molecular complexity index is 1160. The molecule has 0 aliphatic carbocycles. The van der Waals surface area contributed by atoms with Gasteiger partial charge in [0.25, 0.3) is 5.91 Å². The fourth-order valence-corrected chi connectivity index (χ4v) is 5.50. The van der Waals surface area contributed by atoms with Gasteiger partial charge in [-0.25, -0.2) is 4.39 Å². The highest BCUT2D eigenvalue weighted by atomic mass is 19.1. The van der Waals surface area contributed by atoms with Gasteiger partial charge in [0.05, 0.1) is 7.11 Å². The molecule has 3 aliphatic heterocycles. The maximum atomic E-state index is 15.1. The maximum absolute atomic E-state index is 15.1. The van der Waals surface area contributed by atoms with Crippen molar-refractivity contribution in [2.75, 3.05) is 26.7 Å². The first-order valence-corrected chi connectivity index (χ1v) is 12.2. The van der Waals surface area contributed by atoms with Gasteiger partial charge in [0, 0.05) is 25.1 Å². The first kappa shape index (κ1) is 23.5. The lowest BCUT2D eigenvalue weighted by Gasteiger charge is -2.32. The molecule has 7 nitrogen and oxygen atoms in total. The Morgan fingerprint density at radius 3 is 2.63 bits per heavy atom. The van der Waals surface area contributed by atoms with Crippen molar-refractivity contribution in [2.24, 2.45) is 0 Å². The van der Waals surface area contributed by atoms with Gasteiger partial charge in [0.15, 0.2) is 0 Å². The number of piperidine rings is 2. The molecule has 0 bridgehead atoms. The largest absolute Gasteiger partial charge is 0.497 e. The summed E-state index contributed by atoms with van der Waals surface area (Å²) in [6.07, 6.45) is 3.16. The predicted octanol–water partition coefficient (Wildman–Crippen LogP) is 3.02. The SMILES string of the molecule is COc1cccc(CCN2CCC(c3cc4c(cc3F)C(=O)N(C3CCC(=O)NC3=O)C4)CC2)c1. The fourth-order valence-electron chi connectivity index (χ4n) is 5.50. The number of halogens is 1. The van der Waals surface area contributed by atoms with Crippen molar-refractivity contribution >= 4 is 17.7 Å². The molecule has 2 aromatic rings. The zero-order chi connectivity index (χ0) is 24.5. The lowest BCUT2D eigenvalue weighted by Crippen LogP contribution is -2.52. The number of amides is 3. The Labute approximate surface area is 204 Å². The molecule has 1 atom stereocenters. The molecule has 3 aliphatic rings. The highest BCUT2D eigenvalue weighted by molar-refractivity contribution is 6.05. The lowest BCUT2D eigenvalue weighted by molar-refractivity contribution is -0.136. The summed E-state index contributed by atoms with van der Waals surface area (Å²) in [7, 11) is 1.67. The molecule has 8 heteroatoms. The topological polar surface area (TPSA) is 79.0 Å². The average molecular weight is 480 g/mol. The number of rotatable bonds is 6. The summed E-state index contributed by atoms with van der Waals surface area (Å²) in [5.41, 5.74) is 2.98. The smallest absolute Gasteiger partial charge is 0.255 e. The van der Waals surface area contributed by atoms with Crippen LogP contribution in [0.1, 0.15) is 58.6 Å². The van der Waals surface area contributed by atoms with E-state index in [-0.39, 0.29) is 36.5 Å². The molecule has 3 heterocycles. The number of imide groups is 1. The van der Waals surface area contributed by atoms with Crippen molar-refractivity contribution in [2.45, 2.75) is 50.6 Å². The van der Waals surface area contributed by atoms with Gasteiger partial charge in [-0.05, 0) is 79.6 Å². The second-order valence-electron chi connectivity index (χ2n) is 9.65. The number of ether oxygens (including phenoxy) is 1. The molecule has 35 heavy (non-hydrogen) atoms. The zero-order valence-corrected chi connectivity index (χ0v) is 19.9. The Balaban J connectivity index is 1.21. The first-order chi connectivity index (χ1) is 16.9. The highest BCUT2D eigenvalue weighted by Gasteiger charge is 2.40. The van der Waals surface area contributed by atoms with Crippen molar-refractivity contribution in [1.82, 2.24) is 15.1 Å². The van der Waals surface area contributed by atoms with Gasteiger partial charge in [-0.2, -0.15) is 0 Å². The molecule has 0 spiro atoms. The third-order valence-electron chi connectivity index (χ3n) is 7.52. The van der Waals surface area contributed by atoms with Crippen molar-refractivity contribution in [1.29, 1.82) is 0 Å². The average Bonchev–Trinajstić information content (AvgIpc) is 3.18. The summed E-state index contributed by atoms with van der Waals surface area (Å²) in [5.74, 6) is -0.497. The van der Waals surface area contributed by atoms with E-state index in [1.54, 1.807) is 7.11 Å². The Morgan fingerprint density at radius 2 is 1.89 bits per heavy atom. The van der Waals surface area contributed by atoms with Crippen LogP contribution in [0.2, 0.25) is 0 Å². The van der Waals surface area contributed by atoms with E-state index in [0.717, 1.165) is 50.2 Å². The molecular formula is C27H30FN3O4. The van der Waals surface area contributed by atoms with Gasteiger partial charge in [-0.3, -0.25) is 19.7 Å². The van der Waals surface area contributed by atoms with Crippen LogP contribution in [0.4, 0.5) is 4.39 Å². The van der Waals surface area contributed by atoms with Crippen molar-refractivity contribution < 1.29 is 23.5 Å². The number of carbonyl (C=O) groups is 3. The van der Waals surface area contributed by atoms with Gasteiger partial charge in [0.1, 0.15) is 17.6 Å². The van der Waals surface area contributed by atoms with Gasteiger partial charge >= 0.3 is 0 Å². The van der Waals surface area contributed by atoms with Crippen LogP contribution >= 0.6 is 0 Å². The number of methoxy groups -OCH3 is 1. The minimum absolute atomic E-state index is 0.105. The van der Waals surface area contributed by atoms with Crippen LogP contribution in [-0.4, -0.2) is 60.3 Å². The molecule has 5 rings (SSSR count). The molecule has 2 fully saturated rings. The summed E-state index contributed by atoms with van der Waals surface area (Å²) >= 11 is 0. The van der Waals surface area contributed by atoms with E-state index in [1.165, 1.54) is 16.5 Å². The van der Waals surface area contributed by atoms with Crippen molar-refractivity contribution in [3.05, 3.63) is 64.5 Å². The monoisotopic (exact) mass is 479 g/mol. The van der Waals surface area contributed by atoms with Crippen molar-refractivity contribution in [3.63, 3.8) is 0 Å². The van der Waals surface area contributed by atoms with E-state index in [1.807, 2.05) is 18.2 Å². The number of likely N-dealkylation sites (tertiary alicyclic amines) is 1. The summed E-state index contributed by atoms with van der Waals surface area (Å²) < 4.78 is 20.4. The number of fused-ring (bicyclic) bond motifs is 1. The standard InChI is InChI=1S/C27H30FN3O4/c1-35-20-4-2-3-17(13-20)7-10-30-11-8-18(9-12-30)21-14-19-16-31(27(34)22(19)15-23(21)28)24-5-6-25(32)29-26(24)33/h2-4,13-15,18,24H,5-12,16H2,1H3,(H,29,32,33). The van der Waals surface area contributed by atoms with Crippen molar-refractivity contribution in [3.8, 4) is 5.75 Å². The van der Waals surface area contributed by atoms with Crippen LogP contribution in [0.3, 0.4) is 0 Å². The Kier molecular flexibility index (Phi) is 6.56. The fraction of sp³-hybridized carbons (Fsp3) is 0.444. The summed E-state index contributed by atoms with van der Waals surface area (Å²) in [5, 5.41) is 2.30. The van der Waals surface area contributed by atoms with E-state index < -0.39 is 11.9 Å². The van der Waals surface area contributed by atoms with Crippen LogP contribution in [0.5, 0.6) is 5.75 Å². The molecule has 0 saturated carbocycles. The first-order valence-electron chi connectivity index (χ1n) is 12.2. The van der Waals surface area contributed by atoms with Crippen LogP contribution < -0.4 is 10.1 Å². The molecule has 3 amide bonds. The van der Waals surface area contributed by atoms with E-state index in [4.69, 9.17) is 4.74 Å². The van der Waals surface area contributed by atoms with Gasteiger partial charge in [-0.15, -0.1) is 0 Å². The predicted molar refractivity (Wildman–Crippen MR) is 128 cm³/mol. The van der Waals surface area contributed by atoms with Crippen LogP contribution in [0.25, 0.3) is 0 Å². The second-order valence-corrected chi connectivity index (χ2v) is 9.65. The van der Waals surface area contributed by atoms with E-state index >= 15 is 4.39 Å². The van der Waals surface area contributed by atoms with Crippen LogP contribution in [0.15, 0.2) is 36.4 Å². The maximum Gasteiger partial charge on any atom is 0.255 e. The molecule has 1 N–H and O–H groups in total. The number of hydrogen-bond acceptors (Lipinski definition) is 5. The number of hydrogen-bond donors (Lipinski definition) is 1. The lowest BCUT2D eigenvalue weighted by atomic mass is 9.87. The molecule has 2 saturated heterocycles. The molecule has 0 radical (unpaired) electrons. The third-order valence-corrected chi connectivity index (χ3v) is 7.52. The van der Waals surface area contributed by atoms with Crippen LogP contribution in [-0.2, 0) is 22.6 Å². The normalized spacial score (nSPS) is 21.3. The zero-order valence-electron chi connectivity index (χ0n) is 19.9. The molecule has 0 aromatic heterocycles. The summed E-state index contributed by atoms with van der Waals surface area (Å²) in [4.78, 5) is 40.5. The quantitative estimate of drug-likeness (QED) is 0.645.